The average Bonchev–Trinajstić information content (AvgIpc) is 2.42. The predicted molar refractivity (Wildman–Crippen MR) is 73.0 cm³/mol. The number of allylic oxidation sites excluding steroid dienone is 1. The second kappa shape index (κ2) is 7.33. The van der Waals surface area contributed by atoms with Gasteiger partial charge >= 0.3 is 16.3 Å². The zero-order valence-electron chi connectivity index (χ0n) is 11.4. The molecule has 1 aromatic carbocycles. The highest BCUT2D eigenvalue weighted by Gasteiger charge is 2.22. The molecule has 0 aliphatic rings. The molecule has 116 valence electrons. The molecule has 0 aliphatic carbocycles. The van der Waals surface area contributed by atoms with Crippen LogP contribution in [0.5, 0.6) is 0 Å². The topological polar surface area (TPSA) is 43.4 Å². The van der Waals surface area contributed by atoms with E-state index in [0.29, 0.717) is 6.42 Å². The van der Waals surface area contributed by atoms with Gasteiger partial charge in [-0.15, -0.1) is 0 Å². The Morgan fingerprint density at radius 2 is 1.90 bits per heavy atom. The van der Waals surface area contributed by atoms with Crippen LogP contribution in [-0.2, 0) is 20.7 Å². The van der Waals surface area contributed by atoms with Gasteiger partial charge in [-0.2, -0.15) is 21.6 Å². The molecule has 0 N–H and O–H groups in total. The summed E-state index contributed by atoms with van der Waals surface area (Å²) in [6.07, 6.45) is -4.36. The number of alkyl halides is 3. The molecule has 0 spiro atoms. The minimum Gasteiger partial charge on any atom is -0.378 e. The van der Waals surface area contributed by atoms with E-state index in [1.807, 2.05) is 11.8 Å². The molecule has 3 nitrogen and oxygen atoms in total. The maximum absolute atomic E-state index is 12.2. The maximum Gasteiger partial charge on any atom is 0.416 e. The van der Waals surface area contributed by atoms with Gasteiger partial charge in [0, 0.05) is 6.42 Å². The quantitative estimate of drug-likeness (QED) is 0.457. The van der Waals surface area contributed by atoms with E-state index < -0.39 is 16.3 Å². The third-order valence-electron chi connectivity index (χ3n) is 2.46. The fourth-order valence-corrected chi connectivity index (χ4v) is 1.97. The number of rotatable bonds is 6. The van der Waals surface area contributed by atoms with Crippen LogP contribution in [0.25, 0.3) is 0 Å². The van der Waals surface area contributed by atoms with Crippen molar-refractivity contribution in [1.82, 2.24) is 0 Å². The molecule has 0 heterocycles. The van der Waals surface area contributed by atoms with Gasteiger partial charge in [-0.3, -0.25) is 0 Å². The van der Waals surface area contributed by atoms with Crippen LogP contribution in [0.3, 0.4) is 0 Å². The van der Waals surface area contributed by atoms with Crippen LogP contribution in [0.15, 0.2) is 47.9 Å². The number of aryl methyl sites for hydroxylation is 1. The van der Waals surface area contributed by atoms with Gasteiger partial charge in [0.15, 0.2) is 5.76 Å². The Morgan fingerprint density at radius 3 is 2.43 bits per heavy atom. The highest BCUT2D eigenvalue weighted by molar-refractivity contribution is 7.86. The lowest BCUT2D eigenvalue weighted by Crippen LogP contribution is -2.08. The summed E-state index contributed by atoms with van der Waals surface area (Å²) in [6, 6.07) is 8.96. The summed E-state index contributed by atoms with van der Waals surface area (Å²) in [6.45, 7) is 1.34. The zero-order valence-corrected chi connectivity index (χ0v) is 12.2. The van der Waals surface area contributed by atoms with Crippen LogP contribution < -0.4 is 0 Å². The lowest BCUT2D eigenvalue weighted by molar-refractivity contribution is -0.0797. The van der Waals surface area contributed by atoms with Crippen LogP contribution >= 0.6 is 0 Å². The van der Waals surface area contributed by atoms with Crippen LogP contribution in [0.2, 0.25) is 0 Å². The Bertz CT molecular complexity index is 613. The van der Waals surface area contributed by atoms with Crippen molar-refractivity contribution in [2.45, 2.75) is 25.9 Å². The molecular weight excluding hydrogens is 305 g/mol. The van der Waals surface area contributed by atoms with Gasteiger partial charge in [-0.1, -0.05) is 36.1 Å². The first kappa shape index (κ1) is 17.3. The van der Waals surface area contributed by atoms with Crippen LogP contribution in [-0.4, -0.2) is 20.3 Å². The van der Waals surface area contributed by atoms with Crippen molar-refractivity contribution in [3.63, 3.8) is 0 Å². The number of hydrogen-bond acceptors (Lipinski definition) is 3. The highest BCUT2D eigenvalue weighted by Crippen LogP contribution is 2.18. The SMILES string of the molecule is CCS(=O)(=O)OC(=C=CC(F)(F)F)CCc1ccccc1. The number of hydrogen-bond donors (Lipinski definition) is 0. The van der Waals surface area contributed by atoms with Crippen molar-refractivity contribution in [3.8, 4) is 0 Å². The van der Waals surface area contributed by atoms with Gasteiger partial charge in [0.25, 0.3) is 0 Å². The van der Waals surface area contributed by atoms with E-state index in [9.17, 15) is 21.6 Å². The Labute approximate surface area is 121 Å². The summed E-state index contributed by atoms with van der Waals surface area (Å²) in [5.74, 6) is -0.673. The molecule has 0 fully saturated rings. The number of benzene rings is 1. The highest BCUT2D eigenvalue weighted by atomic mass is 32.2. The molecule has 1 aromatic rings. The summed E-state index contributed by atoms with van der Waals surface area (Å²) in [4.78, 5) is 0. The first-order valence-corrected chi connectivity index (χ1v) is 7.79. The van der Waals surface area contributed by atoms with Crippen molar-refractivity contribution in [1.29, 1.82) is 0 Å². The second-order valence-corrected chi connectivity index (χ2v) is 6.03. The first-order valence-electron chi connectivity index (χ1n) is 6.21. The van der Waals surface area contributed by atoms with Gasteiger partial charge in [0.2, 0.25) is 0 Å². The smallest absolute Gasteiger partial charge is 0.378 e. The Balaban J connectivity index is 2.90. The summed E-state index contributed by atoms with van der Waals surface area (Å²) in [5, 5.41) is 0. The van der Waals surface area contributed by atoms with E-state index in [1.54, 1.807) is 24.3 Å². The van der Waals surface area contributed by atoms with Crippen molar-refractivity contribution >= 4 is 10.1 Å². The van der Waals surface area contributed by atoms with Crippen molar-refractivity contribution in [2.75, 3.05) is 5.75 Å². The minimum atomic E-state index is -4.57. The molecular formula is C14H15F3O3S. The molecule has 0 radical (unpaired) electrons. The summed E-state index contributed by atoms with van der Waals surface area (Å²) in [7, 11) is -3.88. The van der Waals surface area contributed by atoms with Crippen LogP contribution in [0.4, 0.5) is 13.2 Å². The van der Waals surface area contributed by atoms with Gasteiger partial charge in [0.05, 0.1) is 11.8 Å². The first-order chi connectivity index (χ1) is 9.72. The van der Waals surface area contributed by atoms with Crippen LogP contribution in [0.1, 0.15) is 18.9 Å². The van der Waals surface area contributed by atoms with Crippen molar-refractivity contribution < 1.29 is 25.8 Å². The van der Waals surface area contributed by atoms with E-state index in [2.05, 4.69) is 4.18 Å². The largest absolute Gasteiger partial charge is 0.416 e. The lowest BCUT2D eigenvalue weighted by Gasteiger charge is -2.07. The molecule has 0 bridgehead atoms. The van der Waals surface area contributed by atoms with E-state index in [-0.39, 0.29) is 24.0 Å². The third kappa shape index (κ3) is 7.58. The molecule has 0 atom stereocenters. The Hall–Kier alpha value is -1.72. The minimum absolute atomic E-state index is 0.00975. The molecule has 0 saturated carbocycles. The summed E-state index contributed by atoms with van der Waals surface area (Å²) >= 11 is 0. The van der Waals surface area contributed by atoms with Gasteiger partial charge in [0.1, 0.15) is 0 Å². The monoisotopic (exact) mass is 320 g/mol. The average molecular weight is 320 g/mol. The van der Waals surface area contributed by atoms with Gasteiger partial charge in [-0.25, -0.2) is 0 Å². The van der Waals surface area contributed by atoms with Crippen molar-refractivity contribution in [2.24, 2.45) is 0 Å². The molecule has 0 unspecified atom stereocenters. The maximum atomic E-state index is 12.2. The molecule has 21 heavy (non-hydrogen) atoms. The second-order valence-electron chi connectivity index (χ2n) is 4.17. The predicted octanol–water partition coefficient (Wildman–Crippen LogP) is 3.59. The molecule has 7 heteroatoms. The van der Waals surface area contributed by atoms with E-state index in [4.69, 9.17) is 0 Å². The van der Waals surface area contributed by atoms with E-state index in [0.717, 1.165) is 5.56 Å². The third-order valence-corrected chi connectivity index (χ3v) is 3.62. The van der Waals surface area contributed by atoms with Crippen molar-refractivity contribution in [3.05, 3.63) is 53.5 Å². The van der Waals surface area contributed by atoms with Gasteiger partial charge in [-0.05, 0) is 18.9 Å². The fourth-order valence-electron chi connectivity index (χ4n) is 1.41. The molecule has 0 amide bonds. The summed E-state index contributed by atoms with van der Waals surface area (Å²) < 4.78 is 63.9. The standard InChI is InChI=1S/C14H15F3O3S/c1-2-21(18,19)20-13(10-11-14(15,16)17)9-8-12-6-4-3-5-7-12/h3-7,11H,2,8-9H2,1H3. The number of halogens is 3. The van der Waals surface area contributed by atoms with Gasteiger partial charge < -0.3 is 4.18 Å². The molecule has 0 saturated heterocycles. The zero-order chi connectivity index (χ0) is 15.9. The summed E-state index contributed by atoms with van der Waals surface area (Å²) in [5.41, 5.74) is 2.75. The van der Waals surface area contributed by atoms with E-state index in [1.165, 1.54) is 6.92 Å². The molecule has 1 rings (SSSR count). The Morgan fingerprint density at radius 1 is 1.29 bits per heavy atom. The normalized spacial score (nSPS) is 11.6. The lowest BCUT2D eigenvalue weighted by atomic mass is 10.1. The van der Waals surface area contributed by atoms with Crippen LogP contribution in [0, 0.1) is 0 Å². The van der Waals surface area contributed by atoms with E-state index >= 15 is 0 Å². The molecule has 0 aromatic heterocycles. The Kier molecular flexibility index (Phi) is 6.05. The molecule has 0 aliphatic heterocycles. The fraction of sp³-hybridized carbons (Fsp3) is 0.357.